The van der Waals surface area contributed by atoms with Gasteiger partial charge in [0.15, 0.2) is 6.10 Å². The van der Waals surface area contributed by atoms with Gasteiger partial charge in [0.25, 0.3) is 0 Å². The van der Waals surface area contributed by atoms with Crippen LogP contribution in [0.4, 0.5) is 0 Å². The molecule has 178 valence electrons. The normalized spacial score (nSPS) is 16.2. The predicted octanol–water partition coefficient (Wildman–Crippen LogP) is 6.03. The highest BCUT2D eigenvalue weighted by Gasteiger charge is 2.26. The molecule has 1 N–H and O–H groups in total. The van der Waals surface area contributed by atoms with Crippen molar-refractivity contribution in [1.29, 1.82) is 0 Å². The number of aryl methyl sites for hydroxylation is 1. The topological polar surface area (TPSA) is 49.8 Å². The van der Waals surface area contributed by atoms with E-state index in [9.17, 15) is 9.90 Å². The minimum atomic E-state index is -0.919. The van der Waals surface area contributed by atoms with Gasteiger partial charge in [0.05, 0.1) is 4.99 Å². The minimum Gasteiger partial charge on any atom is -0.479 e. The van der Waals surface area contributed by atoms with Crippen molar-refractivity contribution in [3.8, 4) is 0 Å². The van der Waals surface area contributed by atoms with E-state index in [1.54, 1.807) is 0 Å². The fourth-order valence-electron chi connectivity index (χ4n) is 4.80. The first-order valence-corrected chi connectivity index (χ1v) is 12.6. The van der Waals surface area contributed by atoms with Crippen molar-refractivity contribution in [2.24, 2.45) is 0 Å². The first-order chi connectivity index (χ1) is 16.0. The van der Waals surface area contributed by atoms with Gasteiger partial charge < -0.3 is 14.7 Å². The van der Waals surface area contributed by atoms with Crippen LogP contribution in [0.25, 0.3) is 0 Å². The Morgan fingerprint density at radius 1 is 1.06 bits per heavy atom. The average Bonchev–Trinajstić information content (AvgIpc) is 2.85. The Hall–Kier alpha value is -2.24. The zero-order valence-electron chi connectivity index (χ0n) is 19.9. The quantitative estimate of drug-likeness (QED) is 0.409. The van der Waals surface area contributed by atoms with Gasteiger partial charge in [0.1, 0.15) is 0 Å². The molecular formula is C28H37NO3S. The van der Waals surface area contributed by atoms with E-state index in [2.05, 4.69) is 48.3 Å². The van der Waals surface area contributed by atoms with Crippen molar-refractivity contribution >= 4 is 23.2 Å². The van der Waals surface area contributed by atoms with Gasteiger partial charge in [-0.25, -0.2) is 4.79 Å². The zero-order chi connectivity index (χ0) is 23.6. The highest BCUT2D eigenvalue weighted by atomic mass is 32.1. The molecule has 0 bridgehead atoms. The number of carboxylic acids is 1. The van der Waals surface area contributed by atoms with Crippen LogP contribution in [0.1, 0.15) is 68.1 Å². The molecule has 1 saturated carbocycles. The molecule has 0 amide bonds. The number of likely N-dealkylation sites (N-methyl/N-ethyl adjacent to an activating group) is 1. The maximum absolute atomic E-state index is 11.5. The van der Waals surface area contributed by atoms with Crippen LogP contribution in [0.5, 0.6) is 0 Å². The Bertz CT molecular complexity index is 878. The van der Waals surface area contributed by atoms with Crippen molar-refractivity contribution < 1.29 is 14.6 Å². The van der Waals surface area contributed by atoms with E-state index in [0.717, 1.165) is 23.4 Å². The molecule has 2 aromatic carbocycles. The standard InChI is InChI=1S/C28H37NO3S/c1-3-32-26(28(30)31)20-22-14-17-23(18-15-22)25(19-16-21-10-6-4-7-11-21)27(33)29(2)24-12-8-5-9-13-24/h4,6-7,10-11,14-15,17-18,24-26H,3,5,8-9,12-13,16,19-20H2,1-2H3,(H,30,31)/t25-,26-/m0/s1. The smallest absolute Gasteiger partial charge is 0.333 e. The summed E-state index contributed by atoms with van der Waals surface area (Å²) in [7, 11) is 2.17. The van der Waals surface area contributed by atoms with Crippen LogP contribution in [0.2, 0.25) is 0 Å². The first kappa shape index (κ1) is 25.4. The lowest BCUT2D eigenvalue weighted by Gasteiger charge is -2.36. The third-order valence-corrected chi connectivity index (χ3v) is 7.35. The second kappa shape index (κ2) is 12.9. The van der Waals surface area contributed by atoms with E-state index in [-0.39, 0.29) is 5.92 Å². The third kappa shape index (κ3) is 7.38. The Kier molecular flexibility index (Phi) is 9.89. The van der Waals surface area contributed by atoms with E-state index in [0.29, 0.717) is 19.1 Å². The number of hydrogen-bond acceptors (Lipinski definition) is 3. The molecule has 2 atom stereocenters. The van der Waals surface area contributed by atoms with Crippen molar-refractivity contribution in [1.82, 2.24) is 4.90 Å². The lowest BCUT2D eigenvalue weighted by molar-refractivity contribution is -0.149. The van der Waals surface area contributed by atoms with E-state index in [4.69, 9.17) is 17.0 Å². The summed E-state index contributed by atoms with van der Waals surface area (Å²) in [6.07, 6.45) is 7.81. The summed E-state index contributed by atoms with van der Waals surface area (Å²) in [5, 5.41) is 9.40. The molecule has 4 nitrogen and oxygen atoms in total. The van der Waals surface area contributed by atoms with Gasteiger partial charge >= 0.3 is 5.97 Å². The van der Waals surface area contributed by atoms with Crippen molar-refractivity contribution in [3.63, 3.8) is 0 Å². The van der Waals surface area contributed by atoms with Crippen LogP contribution in [-0.4, -0.2) is 46.8 Å². The molecule has 0 aliphatic heterocycles. The van der Waals surface area contributed by atoms with Gasteiger partial charge in [0, 0.05) is 32.0 Å². The first-order valence-electron chi connectivity index (χ1n) is 12.2. The van der Waals surface area contributed by atoms with Crippen LogP contribution >= 0.6 is 12.2 Å². The molecule has 3 rings (SSSR count). The second-order valence-corrected chi connectivity index (χ2v) is 9.46. The Balaban J connectivity index is 1.77. The summed E-state index contributed by atoms with van der Waals surface area (Å²) in [5.41, 5.74) is 3.49. The molecule has 33 heavy (non-hydrogen) atoms. The monoisotopic (exact) mass is 467 g/mol. The molecular weight excluding hydrogens is 430 g/mol. The largest absolute Gasteiger partial charge is 0.479 e. The van der Waals surface area contributed by atoms with Gasteiger partial charge in [0.2, 0.25) is 0 Å². The molecule has 0 heterocycles. The summed E-state index contributed by atoms with van der Waals surface area (Å²) < 4.78 is 5.38. The number of thiocarbonyl (C=S) groups is 1. The molecule has 0 saturated heterocycles. The predicted molar refractivity (Wildman–Crippen MR) is 138 cm³/mol. The fraction of sp³-hybridized carbons (Fsp3) is 0.500. The van der Waals surface area contributed by atoms with Crippen LogP contribution in [0.15, 0.2) is 54.6 Å². The lowest BCUT2D eigenvalue weighted by atomic mass is 9.88. The molecule has 0 radical (unpaired) electrons. The summed E-state index contributed by atoms with van der Waals surface area (Å²) in [6, 6.07) is 19.4. The summed E-state index contributed by atoms with van der Waals surface area (Å²) in [5.74, 6) is -0.764. The molecule has 5 heteroatoms. The van der Waals surface area contributed by atoms with Gasteiger partial charge in [-0.3, -0.25) is 0 Å². The van der Waals surface area contributed by atoms with Gasteiger partial charge in [-0.05, 0) is 49.3 Å². The highest BCUT2D eigenvalue weighted by Crippen LogP contribution is 2.30. The van der Waals surface area contributed by atoms with Crippen molar-refractivity contribution in [2.75, 3.05) is 13.7 Å². The summed E-state index contributed by atoms with van der Waals surface area (Å²) >= 11 is 6.08. The van der Waals surface area contributed by atoms with Crippen molar-refractivity contribution in [3.05, 3.63) is 71.3 Å². The molecule has 1 aliphatic rings. The van der Waals surface area contributed by atoms with Crippen LogP contribution < -0.4 is 0 Å². The Morgan fingerprint density at radius 3 is 2.33 bits per heavy atom. The maximum atomic E-state index is 11.5. The van der Waals surface area contributed by atoms with Crippen LogP contribution in [0, 0.1) is 0 Å². The van der Waals surface area contributed by atoms with Crippen LogP contribution in [-0.2, 0) is 22.4 Å². The minimum absolute atomic E-state index is 0.156. The highest BCUT2D eigenvalue weighted by molar-refractivity contribution is 7.80. The molecule has 1 aliphatic carbocycles. The molecule has 0 aromatic heterocycles. The fourth-order valence-corrected chi connectivity index (χ4v) is 5.20. The summed E-state index contributed by atoms with van der Waals surface area (Å²) in [4.78, 5) is 14.8. The number of aliphatic carboxylic acids is 1. The number of carboxylic acid groups (broad SMARTS) is 1. The number of hydrogen-bond donors (Lipinski definition) is 1. The molecule has 1 fully saturated rings. The molecule has 0 unspecified atom stereocenters. The Labute approximate surface area is 204 Å². The van der Waals surface area contributed by atoms with Crippen molar-refractivity contribution in [2.45, 2.75) is 76.4 Å². The maximum Gasteiger partial charge on any atom is 0.333 e. The number of benzene rings is 2. The second-order valence-electron chi connectivity index (χ2n) is 9.05. The number of carbonyl (C=O) groups is 1. The van der Waals surface area contributed by atoms with E-state index in [1.807, 2.05) is 25.1 Å². The average molecular weight is 468 g/mol. The van der Waals surface area contributed by atoms with Gasteiger partial charge in [-0.15, -0.1) is 0 Å². The summed E-state index contributed by atoms with van der Waals surface area (Å²) in [6.45, 7) is 2.21. The van der Waals surface area contributed by atoms with E-state index < -0.39 is 12.1 Å². The van der Waals surface area contributed by atoms with E-state index in [1.165, 1.54) is 43.2 Å². The molecule has 0 spiro atoms. The van der Waals surface area contributed by atoms with Crippen LogP contribution in [0.3, 0.4) is 0 Å². The van der Waals surface area contributed by atoms with Gasteiger partial charge in [-0.1, -0.05) is 86.1 Å². The zero-order valence-corrected chi connectivity index (χ0v) is 20.7. The van der Waals surface area contributed by atoms with E-state index >= 15 is 0 Å². The number of nitrogens with zero attached hydrogens (tertiary/aromatic N) is 1. The number of ether oxygens (including phenoxy) is 1. The SMILES string of the molecule is CCO[C@@H](Cc1ccc([C@H](CCc2ccccc2)C(=S)N(C)C2CCCCC2)cc1)C(=O)O. The molecule has 2 aromatic rings. The third-order valence-electron chi connectivity index (χ3n) is 6.78. The van der Waals surface area contributed by atoms with Gasteiger partial charge in [-0.2, -0.15) is 0 Å². The Morgan fingerprint density at radius 2 is 1.73 bits per heavy atom. The lowest BCUT2D eigenvalue weighted by Crippen LogP contribution is -2.40. The number of rotatable bonds is 11.